The smallest absolute Gasteiger partial charge is 0.264 e. The summed E-state index contributed by atoms with van der Waals surface area (Å²) in [5.74, 6) is -0.892. The molecule has 0 aliphatic rings. The van der Waals surface area contributed by atoms with Gasteiger partial charge in [-0.3, -0.25) is 13.9 Å². The van der Waals surface area contributed by atoms with E-state index in [4.69, 9.17) is 23.2 Å². The Morgan fingerprint density at radius 3 is 2.10 bits per heavy atom. The standard InChI is InChI=1S/C29H33Cl2N3O4S/c1-4-18-32-29(36)26(5-2)33(19-23-24(30)15-11-16-25(23)31)28(35)20-34(27-17-10-9-12-21(27)3)39(37,38)22-13-7-6-8-14-22/h6-17,26H,4-5,18-20H2,1-3H3,(H,32,36)/t26-/m0/s1. The van der Waals surface area contributed by atoms with E-state index in [1.165, 1.54) is 17.0 Å². The minimum atomic E-state index is -4.13. The van der Waals surface area contributed by atoms with Crippen LogP contribution in [0.15, 0.2) is 77.7 Å². The van der Waals surface area contributed by atoms with Crippen molar-refractivity contribution >= 4 is 50.7 Å². The van der Waals surface area contributed by atoms with E-state index >= 15 is 0 Å². The van der Waals surface area contributed by atoms with Gasteiger partial charge in [-0.15, -0.1) is 0 Å². The Labute approximate surface area is 240 Å². The molecule has 0 aliphatic heterocycles. The molecule has 0 bridgehead atoms. The van der Waals surface area contributed by atoms with Crippen LogP contribution in [-0.2, 0) is 26.2 Å². The summed E-state index contributed by atoms with van der Waals surface area (Å²) in [6.45, 7) is 5.36. The molecule has 0 radical (unpaired) electrons. The van der Waals surface area contributed by atoms with Crippen LogP contribution in [0.5, 0.6) is 0 Å². The summed E-state index contributed by atoms with van der Waals surface area (Å²) in [5, 5.41) is 3.54. The van der Waals surface area contributed by atoms with Crippen molar-refractivity contribution in [2.45, 2.75) is 51.1 Å². The quantitative estimate of drug-likeness (QED) is 0.288. The molecule has 10 heteroatoms. The zero-order chi connectivity index (χ0) is 28.6. The predicted octanol–water partition coefficient (Wildman–Crippen LogP) is 5.83. The van der Waals surface area contributed by atoms with Crippen LogP contribution in [0.2, 0.25) is 10.0 Å². The molecule has 3 aromatic carbocycles. The van der Waals surface area contributed by atoms with Crippen molar-refractivity contribution in [2.75, 3.05) is 17.4 Å². The number of halogens is 2. The number of anilines is 1. The Bertz CT molecular complexity index is 1380. The fraction of sp³-hybridized carbons (Fsp3) is 0.310. The van der Waals surface area contributed by atoms with Crippen molar-refractivity contribution in [3.63, 3.8) is 0 Å². The number of amides is 2. The lowest BCUT2D eigenvalue weighted by Gasteiger charge is -2.34. The summed E-state index contributed by atoms with van der Waals surface area (Å²) in [6, 6.07) is 19.0. The van der Waals surface area contributed by atoms with Crippen molar-refractivity contribution in [3.8, 4) is 0 Å². The molecule has 0 spiro atoms. The van der Waals surface area contributed by atoms with Crippen molar-refractivity contribution in [2.24, 2.45) is 0 Å². The Kier molecular flexibility index (Phi) is 10.8. The van der Waals surface area contributed by atoms with Crippen LogP contribution < -0.4 is 9.62 Å². The summed E-state index contributed by atoms with van der Waals surface area (Å²) in [5.41, 5.74) is 1.52. The van der Waals surface area contributed by atoms with Crippen molar-refractivity contribution in [1.29, 1.82) is 0 Å². The van der Waals surface area contributed by atoms with Crippen LogP contribution in [-0.4, -0.2) is 44.3 Å². The van der Waals surface area contributed by atoms with Crippen LogP contribution in [0.3, 0.4) is 0 Å². The van der Waals surface area contributed by atoms with Gasteiger partial charge in [0.1, 0.15) is 12.6 Å². The molecule has 7 nitrogen and oxygen atoms in total. The highest BCUT2D eigenvalue weighted by Crippen LogP contribution is 2.29. The van der Waals surface area contributed by atoms with Crippen molar-refractivity contribution in [3.05, 3.63) is 94.0 Å². The highest BCUT2D eigenvalue weighted by Gasteiger charge is 2.34. The second-order valence-corrected chi connectivity index (χ2v) is 11.7. The summed E-state index contributed by atoms with van der Waals surface area (Å²) in [4.78, 5) is 28.7. The van der Waals surface area contributed by atoms with Gasteiger partial charge >= 0.3 is 0 Å². The minimum Gasteiger partial charge on any atom is -0.354 e. The first-order valence-electron chi connectivity index (χ1n) is 12.7. The third-order valence-corrected chi connectivity index (χ3v) is 8.80. The molecule has 3 rings (SSSR count). The average molecular weight is 591 g/mol. The molecule has 0 aliphatic carbocycles. The molecule has 0 saturated carbocycles. The molecule has 0 aromatic heterocycles. The molecule has 0 fully saturated rings. The highest BCUT2D eigenvalue weighted by molar-refractivity contribution is 7.92. The fourth-order valence-electron chi connectivity index (χ4n) is 4.22. The van der Waals surface area contributed by atoms with Crippen LogP contribution in [0.4, 0.5) is 5.69 Å². The van der Waals surface area contributed by atoms with Crippen LogP contribution in [0.1, 0.15) is 37.8 Å². The monoisotopic (exact) mass is 589 g/mol. The number of para-hydroxylation sites is 1. The highest BCUT2D eigenvalue weighted by atomic mass is 35.5. The SMILES string of the molecule is CCCNC(=O)[C@H](CC)N(Cc1c(Cl)cccc1Cl)C(=O)CN(c1ccccc1C)S(=O)(=O)c1ccccc1. The number of sulfonamides is 1. The number of hydrogen-bond acceptors (Lipinski definition) is 4. The van der Waals surface area contributed by atoms with Gasteiger partial charge in [-0.05, 0) is 55.7 Å². The predicted molar refractivity (Wildman–Crippen MR) is 157 cm³/mol. The first kappa shape index (κ1) is 30.5. The number of carbonyl (C=O) groups is 2. The van der Waals surface area contributed by atoms with Gasteiger partial charge in [-0.2, -0.15) is 0 Å². The molecule has 0 heterocycles. The van der Waals surface area contributed by atoms with E-state index in [2.05, 4.69) is 5.32 Å². The van der Waals surface area contributed by atoms with E-state index in [1.54, 1.807) is 74.5 Å². The van der Waals surface area contributed by atoms with Crippen LogP contribution in [0, 0.1) is 6.92 Å². The Morgan fingerprint density at radius 2 is 1.51 bits per heavy atom. The van der Waals surface area contributed by atoms with Gasteiger partial charge in [0.2, 0.25) is 11.8 Å². The Morgan fingerprint density at radius 1 is 0.897 bits per heavy atom. The lowest BCUT2D eigenvalue weighted by atomic mass is 10.1. The zero-order valence-corrected chi connectivity index (χ0v) is 24.6. The molecule has 39 heavy (non-hydrogen) atoms. The maximum atomic E-state index is 14.1. The van der Waals surface area contributed by atoms with E-state index in [9.17, 15) is 18.0 Å². The van der Waals surface area contributed by atoms with Gasteiger partial charge in [0.25, 0.3) is 10.0 Å². The number of rotatable bonds is 12. The molecular formula is C29H33Cl2N3O4S. The Balaban J connectivity index is 2.09. The lowest BCUT2D eigenvalue weighted by molar-refractivity contribution is -0.140. The number of benzene rings is 3. The van der Waals surface area contributed by atoms with Gasteiger partial charge in [0, 0.05) is 28.7 Å². The molecule has 2 amide bonds. The molecule has 1 N–H and O–H groups in total. The molecule has 0 unspecified atom stereocenters. The fourth-order valence-corrected chi connectivity index (χ4v) is 6.23. The zero-order valence-electron chi connectivity index (χ0n) is 22.2. The number of carbonyl (C=O) groups excluding carboxylic acids is 2. The van der Waals surface area contributed by atoms with Gasteiger partial charge in [-0.1, -0.05) is 79.5 Å². The molecule has 0 saturated heterocycles. The number of nitrogens with one attached hydrogen (secondary N) is 1. The van der Waals surface area contributed by atoms with Crippen molar-refractivity contribution < 1.29 is 18.0 Å². The van der Waals surface area contributed by atoms with Gasteiger partial charge < -0.3 is 10.2 Å². The number of nitrogens with zero attached hydrogens (tertiary/aromatic N) is 2. The molecule has 1 atom stereocenters. The summed E-state index contributed by atoms with van der Waals surface area (Å²) >= 11 is 12.9. The number of hydrogen-bond donors (Lipinski definition) is 1. The molecule has 208 valence electrons. The first-order chi connectivity index (χ1) is 18.6. The second-order valence-electron chi connectivity index (χ2n) is 9.05. The first-order valence-corrected chi connectivity index (χ1v) is 14.9. The summed E-state index contributed by atoms with van der Waals surface area (Å²) < 4.78 is 28.8. The maximum absolute atomic E-state index is 14.1. The topological polar surface area (TPSA) is 86.8 Å². The van der Waals surface area contributed by atoms with E-state index in [1.807, 2.05) is 6.92 Å². The molecular weight excluding hydrogens is 557 g/mol. The summed E-state index contributed by atoms with van der Waals surface area (Å²) in [7, 11) is -4.13. The van der Waals surface area contributed by atoms with Gasteiger partial charge in [-0.25, -0.2) is 8.42 Å². The van der Waals surface area contributed by atoms with Crippen molar-refractivity contribution in [1.82, 2.24) is 10.2 Å². The van der Waals surface area contributed by atoms with Crippen LogP contribution >= 0.6 is 23.2 Å². The van der Waals surface area contributed by atoms with Gasteiger partial charge in [0.15, 0.2) is 0 Å². The molecule has 3 aromatic rings. The number of aryl methyl sites for hydroxylation is 1. The minimum absolute atomic E-state index is 0.0504. The van der Waals surface area contributed by atoms with E-state index < -0.39 is 28.5 Å². The van der Waals surface area contributed by atoms with Crippen LogP contribution in [0.25, 0.3) is 0 Å². The third-order valence-electron chi connectivity index (χ3n) is 6.32. The average Bonchev–Trinajstić information content (AvgIpc) is 2.92. The normalized spacial score (nSPS) is 12.0. The maximum Gasteiger partial charge on any atom is 0.264 e. The van der Waals surface area contributed by atoms with E-state index in [0.717, 1.165) is 10.7 Å². The van der Waals surface area contributed by atoms with E-state index in [-0.39, 0.29) is 17.3 Å². The third kappa shape index (κ3) is 7.32. The largest absolute Gasteiger partial charge is 0.354 e. The Hall–Kier alpha value is -3.07. The van der Waals surface area contributed by atoms with Gasteiger partial charge in [0.05, 0.1) is 10.6 Å². The lowest BCUT2D eigenvalue weighted by Crippen LogP contribution is -2.52. The second kappa shape index (κ2) is 13.8. The van der Waals surface area contributed by atoms with E-state index in [0.29, 0.717) is 39.8 Å². The summed E-state index contributed by atoms with van der Waals surface area (Å²) in [6.07, 6.45) is 1.03.